The molecule has 1 aromatic carbocycles. The highest BCUT2D eigenvalue weighted by Gasteiger charge is 2.26. The Hall–Kier alpha value is -3.25. The Morgan fingerprint density at radius 3 is 2.55 bits per heavy atom. The Kier molecular flexibility index (Phi) is 6.41. The van der Waals surface area contributed by atoms with Crippen molar-refractivity contribution in [1.82, 2.24) is 15.8 Å². The molecule has 2 aromatic rings. The van der Waals surface area contributed by atoms with Gasteiger partial charge in [-0.3, -0.25) is 23.7 Å². The number of sulfonamides is 1. The maximum absolute atomic E-state index is 14.5. The third kappa shape index (κ3) is 5.27. The molecule has 3 N–H and O–H groups in total. The number of nitrogens with zero attached hydrogens (tertiary/aromatic N) is 2. The lowest BCUT2D eigenvalue weighted by molar-refractivity contribution is 0.0538. The van der Waals surface area contributed by atoms with Crippen LogP contribution in [0.4, 0.5) is 21.5 Å². The van der Waals surface area contributed by atoms with E-state index in [1.165, 1.54) is 38.6 Å². The summed E-state index contributed by atoms with van der Waals surface area (Å²) in [6.07, 6.45) is 3.89. The number of anilines is 3. The summed E-state index contributed by atoms with van der Waals surface area (Å²) in [5.74, 6) is -1.88. The molecule has 1 aromatic heterocycles. The van der Waals surface area contributed by atoms with Crippen molar-refractivity contribution in [3.8, 4) is 0 Å². The molecule has 0 bridgehead atoms. The summed E-state index contributed by atoms with van der Waals surface area (Å²) >= 11 is 0. The van der Waals surface area contributed by atoms with E-state index in [4.69, 9.17) is 0 Å². The zero-order valence-electron chi connectivity index (χ0n) is 17.1. The van der Waals surface area contributed by atoms with E-state index in [2.05, 4.69) is 25.9 Å². The molecule has 1 saturated carbocycles. The van der Waals surface area contributed by atoms with Crippen LogP contribution in [0, 0.1) is 5.82 Å². The highest BCUT2D eigenvalue weighted by molar-refractivity contribution is 7.92. The molecule has 0 radical (unpaired) electrons. The number of amides is 2. The number of hydrogen-bond acceptors (Lipinski definition) is 7. The van der Waals surface area contributed by atoms with Crippen molar-refractivity contribution in [2.24, 2.45) is 0 Å². The van der Waals surface area contributed by atoms with Crippen LogP contribution in [0.2, 0.25) is 0 Å². The van der Waals surface area contributed by atoms with Crippen LogP contribution in [0.1, 0.15) is 33.7 Å². The minimum absolute atomic E-state index is 0.00189. The second-order valence-corrected chi connectivity index (χ2v) is 9.00. The van der Waals surface area contributed by atoms with Gasteiger partial charge in [0.15, 0.2) is 0 Å². The van der Waals surface area contributed by atoms with Gasteiger partial charge < -0.3 is 10.6 Å². The first-order valence-electron chi connectivity index (χ1n) is 9.25. The van der Waals surface area contributed by atoms with Crippen LogP contribution in [0.3, 0.4) is 0 Å². The first-order valence-corrected chi connectivity index (χ1v) is 11.1. The summed E-state index contributed by atoms with van der Waals surface area (Å²) < 4.78 is 39.3. The van der Waals surface area contributed by atoms with E-state index >= 15 is 0 Å². The van der Waals surface area contributed by atoms with E-state index in [9.17, 15) is 22.4 Å². The third-order valence-electron chi connectivity index (χ3n) is 4.56. The monoisotopic (exact) mass is 451 g/mol. The van der Waals surface area contributed by atoms with Crippen molar-refractivity contribution in [1.29, 1.82) is 0 Å². The Morgan fingerprint density at radius 2 is 1.94 bits per heavy atom. The molecule has 1 heterocycles. The van der Waals surface area contributed by atoms with Crippen molar-refractivity contribution in [3.63, 3.8) is 0 Å². The van der Waals surface area contributed by atoms with Crippen molar-refractivity contribution >= 4 is 38.9 Å². The standard InChI is InChI=1S/C19H22FN5O5S/c1-25(31(3,28)29)17-13(20)5-4-6-14(17)23-15-9-16(19(27)22-11-7-8-11)21-10-12(15)18(26)24-30-2/h4-6,9-11H,7-8H2,1-3H3,(H,21,23)(H,22,27)(H,24,26). The molecule has 0 aliphatic heterocycles. The molecule has 0 unspecified atom stereocenters. The second-order valence-electron chi connectivity index (χ2n) is 6.99. The van der Waals surface area contributed by atoms with Crippen molar-refractivity contribution in [2.45, 2.75) is 18.9 Å². The summed E-state index contributed by atoms with van der Waals surface area (Å²) in [7, 11) is -1.32. The molecule has 3 rings (SSSR count). The second kappa shape index (κ2) is 8.86. The highest BCUT2D eigenvalue weighted by atomic mass is 32.2. The molecule has 0 spiro atoms. The van der Waals surface area contributed by atoms with Crippen LogP contribution in [0.5, 0.6) is 0 Å². The number of rotatable bonds is 8. The molecule has 31 heavy (non-hydrogen) atoms. The largest absolute Gasteiger partial charge is 0.353 e. The van der Waals surface area contributed by atoms with E-state index in [-0.39, 0.29) is 34.4 Å². The van der Waals surface area contributed by atoms with E-state index in [0.717, 1.165) is 29.5 Å². The lowest BCUT2D eigenvalue weighted by Crippen LogP contribution is -2.28. The van der Waals surface area contributed by atoms with E-state index in [1.807, 2.05) is 0 Å². The number of hydroxylamine groups is 1. The number of hydrogen-bond donors (Lipinski definition) is 3. The fourth-order valence-corrected chi connectivity index (χ4v) is 3.26. The van der Waals surface area contributed by atoms with Crippen molar-refractivity contribution in [2.75, 3.05) is 30.0 Å². The van der Waals surface area contributed by atoms with Gasteiger partial charge in [0.1, 0.15) is 17.2 Å². The SMILES string of the molecule is CONC(=O)c1cnc(C(=O)NC2CC2)cc1Nc1cccc(F)c1N(C)S(C)(=O)=O. The van der Waals surface area contributed by atoms with Gasteiger partial charge in [-0.25, -0.2) is 18.3 Å². The summed E-state index contributed by atoms with van der Waals surface area (Å²) in [6.45, 7) is 0. The quantitative estimate of drug-likeness (QED) is 0.519. The Morgan fingerprint density at radius 1 is 1.23 bits per heavy atom. The van der Waals surface area contributed by atoms with Gasteiger partial charge in [-0.2, -0.15) is 0 Å². The molecule has 0 atom stereocenters. The van der Waals surface area contributed by atoms with Crippen LogP contribution in [-0.2, 0) is 14.9 Å². The molecular weight excluding hydrogens is 429 g/mol. The van der Waals surface area contributed by atoms with Crippen LogP contribution in [0.25, 0.3) is 0 Å². The smallest absolute Gasteiger partial charge is 0.278 e. The normalized spacial score (nSPS) is 13.4. The minimum atomic E-state index is -3.78. The van der Waals surface area contributed by atoms with Gasteiger partial charge >= 0.3 is 0 Å². The Labute approximate surface area is 178 Å². The van der Waals surface area contributed by atoms with Crippen LogP contribution < -0.4 is 20.4 Å². The summed E-state index contributed by atoms with van der Waals surface area (Å²) in [5, 5.41) is 5.65. The molecule has 1 aliphatic rings. The van der Waals surface area contributed by atoms with Gasteiger partial charge in [0.25, 0.3) is 11.8 Å². The van der Waals surface area contributed by atoms with Crippen molar-refractivity contribution < 1.29 is 27.2 Å². The first-order chi connectivity index (χ1) is 14.6. The van der Waals surface area contributed by atoms with Gasteiger partial charge in [0.2, 0.25) is 10.0 Å². The number of nitrogens with one attached hydrogen (secondary N) is 3. The average molecular weight is 451 g/mol. The number of pyridine rings is 1. The Balaban J connectivity index is 2.05. The lowest BCUT2D eigenvalue weighted by Gasteiger charge is -2.22. The van der Waals surface area contributed by atoms with Crippen LogP contribution in [-0.4, -0.2) is 51.7 Å². The predicted molar refractivity (Wildman–Crippen MR) is 112 cm³/mol. The lowest BCUT2D eigenvalue weighted by atomic mass is 10.1. The van der Waals surface area contributed by atoms with Gasteiger partial charge in [0.05, 0.1) is 30.3 Å². The summed E-state index contributed by atoms with van der Waals surface area (Å²) in [5.41, 5.74) is 2.13. The van der Waals surface area contributed by atoms with E-state index < -0.39 is 27.7 Å². The first kappa shape index (κ1) is 22.4. The summed E-state index contributed by atoms with van der Waals surface area (Å²) in [6, 6.07) is 5.37. The number of carbonyl (C=O) groups excluding carboxylic acids is 2. The van der Waals surface area contributed by atoms with Gasteiger partial charge in [-0.15, -0.1) is 0 Å². The molecule has 12 heteroatoms. The highest BCUT2D eigenvalue weighted by Crippen LogP contribution is 2.33. The molecule has 0 saturated heterocycles. The van der Waals surface area contributed by atoms with E-state index in [1.54, 1.807) is 0 Å². The fourth-order valence-electron chi connectivity index (χ4n) is 2.75. The predicted octanol–water partition coefficient (Wildman–Crippen LogP) is 1.54. The van der Waals surface area contributed by atoms with Crippen LogP contribution >= 0.6 is 0 Å². The molecule has 10 nitrogen and oxygen atoms in total. The minimum Gasteiger partial charge on any atom is -0.353 e. The van der Waals surface area contributed by atoms with Crippen LogP contribution in [0.15, 0.2) is 30.5 Å². The zero-order chi connectivity index (χ0) is 22.8. The topological polar surface area (TPSA) is 130 Å². The average Bonchev–Trinajstić information content (AvgIpc) is 3.51. The van der Waals surface area contributed by atoms with Crippen molar-refractivity contribution in [3.05, 3.63) is 47.5 Å². The van der Waals surface area contributed by atoms with Gasteiger partial charge in [-0.05, 0) is 31.0 Å². The summed E-state index contributed by atoms with van der Waals surface area (Å²) in [4.78, 5) is 33.4. The maximum atomic E-state index is 14.5. The number of benzene rings is 1. The third-order valence-corrected chi connectivity index (χ3v) is 5.73. The molecule has 1 fully saturated rings. The molecule has 2 amide bonds. The zero-order valence-corrected chi connectivity index (χ0v) is 17.9. The number of halogens is 1. The van der Waals surface area contributed by atoms with Gasteiger partial charge in [-0.1, -0.05) is 6.07 Å². The van der Waals surface area contributed by atoms with E-state index in [0.29, 0.717) is 0 Å². The number of aromatic nitrogens is 1. The Bertz CT molecular complexity index is 1120. The molecular formula is C19H22FN5O5S. The number of carbonyl (C=O) groups is 2. The fraction of sp³-hybridized carbons (Fsp3) is 0.316. The number of para-hydroxylation sites is 1. The van der Waals surface area contributed by atoms with Gasteiger partial charge in [0, 0.05) is 19.3 Å². The molecule has 1 aliphatic carbocycles. The molecule has 166 valence electrons. The maximum Gasteiger partial charge on any atom is 0.278 e.